The molecule has 2 aromatic heterocycles. The summed E-state index contributed by atoms with van der Waals surface area (Å²) in [4.78, 5) is 34.6. The van der Waals surface area contributed by atoms with Gasteiger partial charge in [-0.05, 0) is 56.4 Å². The van der Waals surface area contributed by atoms with Crippen LogP contribution >= 0.6 is 23.7 Å². The van der Waals surface area contributed by atoms with E-state index in [1.807, 2.05) is 0 Å². The number of nitrogens with one attached hydrogen (secondary N) is 2. The molecule has 2 heterocycles. The first-order valence-electron chi connectivity index (χ1n) is 10.1. The van der Waals surface area contributed by atoms with E-state index in [-0.39, 0.29) is 36.0 Å². The average Bonchev–Trinajstić information content (AvgIpc) is 2.99. The molecule has 154 valence electrons. The quantitative estimate of drug-likeness (QED) is 0.702. The number of fused-ring (bicyclic) bond motifs is 3. The van der Waals surface area contributed by atoms with Crippen molar-refractivity contribution in [2.24, 2.45) is 11.7 Å². The minimum Gasteiger partial charge on any atom is -0.353 e. The Hall–Kier alpha value is -1.44. The molecule has 2 aromatic rings. The second kappa shape index (κ2) is 8.93. The van der Waals surface area contributed by atoms with E-state index in [0.717, 1.165) is 55.2 Å². The fourth-order valence-electron chi connectivity index (χ4n) is 4.31. The number of aryl methyl sites for hydroxylation is 2. The highest BCUT2D eigenvalue weighted by Gasteiger charge is 2.23. The highest BCUT2D eigenvalue weighted by atomic mass is 35.5. The van der Waals surface area contributed by atoms with Gasteiger partial charge in [0.25, 0.3) is 5.56 Å². The van der Waals surface area contributed by atoms with E-state index in [1.165, 1.54) is 10.4 Å². The van der Waals surface area contributed by atoms with Crippen LogP contribution in [0.3, 0.4) is 0 Å². The molecule has 1 atom stereocenters. The molecule has 6 nitrogen and oxygen atoms in total. The maximum Gasteiger partial charge on any atom is 0.259 e. The van der Waals surface area contributed by atoms with Gasteiger partial charge in [-0.2, -0.15) is 0 Å². The Bertz CT molecular complexity index is 901. The molecular weight excluding hydrogens is 396 g/mol. The monoisotopic (exact) mass is 424 g/mol. The minimum absolute atomic E-state index is 0. The van der Waals surface area contributed by atoms with Crippen molar-refractivity contribution < 1.29 is 4.79 Å². The minimum atomic E-state index is -0.0521. The summed E-state index contributed by atoms with van der Waals surface area (Å²) in [6.07, 6.45) is 7.79. The zero-order valence-electron chi connectivity index (χ0n) is 16.3. The maximum atomic E-state index is 12.6. The molecule has 0 bridgehead atoms. The fraction of sp³-hybridized carbons (Fsp3) is 0.650. The van der Waals surface area contributed by atoms with Gasteiger partial charge < -0.3 is 16.0 Å². The summed E-state index contributed by atoms with van der Waals surface area (Å²) >= 11 is 1.65. The van der Waals surface area contributed by atoms with Crippen LogP contribution in [-0.4, -0.2) is 28.0 Å². The number of aromatic nitrogens is 2. The van der Waals surface area contributed by atoms with Crippen LogP contribution in [-0.2, 0) is 24.1 Å². The van der Waals surface area contributed by atoms with E-state index in [9.17, 15) is 9.59 Å². The Kier molecular flexibility index (Phi) is 6.78. The molecule has 8 heteroatoms. The number of rotatable bonds is 4. The van der Waals surface area contributed by atoms with E-state index in [0.29, 0.717) is 24.6 Å². The lowest BCUT2D eigenvalue weighted by Gasteiger charge is -2.26. The molecule has 0 aliphatic heterocycles. The van der Waals surface area contributed by atoms with E-state index in [4.69, 9.17) is 5.73 Å². The van der Waals surface area contributed by atoms with Gasteiger partial charge in [0.2, 0.25) is 5.91 Å². The van der Waals surface area contributed by atoms with Crippen molar-refractivity contribution in [1.82, 2.24) is 15.3 Å². The molecule has 1 amide bonds. The second-order valence-electron chi connectivity index (χ2n) is 8.22. The van der Waals surface area contributed by atoms with Crippen LogP contribution in [0.15, 0.2) is 4.79 Å². The molecular formula is C20H29ClN4O2S. The Morgan fingerprint density at radius 1 is 1.29 bits per heavy atom. The Balaban J connectivity index is 0.00000225. The van der Waals surface area contributed by atoms with Crippen molar-refractivity contribution >= 4 is 39.9 Å². The predicted octanol–water partition coefficient (Wildman–Crippen LogP) is 2.85. The van der Waals surface area contributed by atoms with Gasteiger partial charge in [0.05, 0.1) is 5.39 Å². The van der Waals surface area contributed by atoms with Crippen LogP contribution in [0.5, 0.6) is 0 Å². The third-order valence-electron chi connectivity index (χ3n) is 5.94. The van der Waals surface area contributed by atoms with Gasteiger partial charge in [-0.15, -0.1) is 23.7 Å². The summed E-state index contributed by atoms with van der Waals surface area (Å²) < 4.78 is 0. The summed E-state index contributed by atoms with van der Waals surface area (Å²) in [6.45, 7) is 2.26. The predicted molar refractivity (Wildman–Crippen MR) is 115 cm³/mol. The molecule has 4 N–H and O–H groups in total. The molecule has 0 saturated heterocycles. The van der Waals surface area contributed by atoms with Gasteiger partial charge in [0.1, 0.15) is 10.7 Å². The lowest BCUT2D eigenvalue weighted by Crippen LogP contribution is -2.40. The van der Waals surface area contributed by atoms with Gasteiger partial charge in [-0.25, -0.2) is 4.98 Å². The highest BCUT2D eigenvalue weighted by Crippen LogP contribution is 2.35. The van der Waals surface area contributed by atoms with E-state index >= 15 is 0 Å². The number of carbonyl (C=O) groups is 1. The smallest absolute Gasteiger partial charge is 0.259 e. The van der Waals surface area contributed by atoms with Crippen molar-refractivity contribution in [3.8, 4) is 0 Å². The van der Waals surface area contributed by atoms with Crippen LogP contribution in [0.25, 0.3) is 10.2 Å². The van der Waals surface area contributed by atoms with Crippen molar-refractivity contribution in [2.75, 3.05) is 0 Å². The molecule has 2 aliphatic rings. The number of carbonyl (C=O) groups excluding carboxylic acids is 1. The SMILES string of the molecule is CC1CCc2c(sc3nc(CCC(=O)NC4CCC(N)CC4)[nH]c(=O)c23)C1.Cl. The molecule has 1 saturated carbocycles. The largest absolute Gasteiger partial charge is 0.353 e. The van der Waals surface area contributed by atoms with E-state index in [2.05, 4.69) is 22.2 Å². The number of aromatic amines is 1. The number of hydrogen-bond acceptors (Lipinski definition) is 5. The van der Waals surface area contributed by atoms with Gasteiger partial charge >= 0.3 is 0 Å². The lowest BCUT2D eigenvalue weighted by atomic mass is 9.89. The number of nitrogens with zero attached hydrogens (tertiary/aromatic N) is 1. The standard InChI is InChI=1S/C20H28N4O2S.ClH/c1-11-2-7-14-15(10-11)27-20-18(14)19(26)23-16(24-20)8-9-17(25)22-13-5-3-12(21)4-6-13;/h11-13H,2-10,21H2,1H3,(H,22,25)(H,23,24,26);1H. The second-order valence-corrected chi connectivity index (χ2v) is 9.31. The summed E-state index contributed by atoms with van der Waals surface area (Å²) in [5, 5.41) is 3.87. The fourth-order valence-corrected chi connectivity index (χ4v) is 5.71. The summed E-state index contributed by atoms with van der Waals surface area (Å²) in [5.74, 6) is 1.31. The molecule has 4 rings (SSSR count). The Morgan fingerprint density at radius 3 is 2.79 bits per heavy atom. The Labute approximate surface area is 175 Å². The van der Waals surface area contributed by atoms with Gasteiger partial charge in [0, 0.05) is 29.8 Å². The number of nitrogens with two attached hydrogens (primary N) is 1. The zero-order chi connectivity index (χ0) is 19.0. The molecule has 2 aliphatic carbocycles. The van der Waals surface area contributed by atoms with Crippen LogP contribution in [0.2, 0.25) is 0 Å². The topological polar surface area (TPSA) is 101 Å². The van der Waals surface area contributed by atoms with E-state index < -0.39 is 0 Å². The van der Waals surface area contributed by atoms with Crippen molar-refractivity contribution in [1.29, 1.82) is 0 Å². The van der Waals surface area contributed by atoms with Gasteiger partial charge in [-0.3, -0.25) is 9.59 Å². The number of thiophene rings is 1. The zero-order valence-corrected chi connectivity index (χ0v) is 17.9. The van der Waals surface area contributed by atoms with Gasteiger partial charge in [-0.1, -0.05) is 6.92 Å². The Morgan fingerprint density at radius 2 is 2.04 bits per heavy atom. The first-order valence-corrected chi connectivity index (χ1v) is 10.9. The van der Waals surface area contributed by atoms with Crippen molar-refractivity contribution in [2.45, 2.75) is 76.8 Å². The first kappa shape index (κ1) is 21.3. The third kappa shape index (κ3) is 4.58. The molecule has 0 spiro atoms. The first-order chi connectivity index (χ1) is 13.0. The number of halogens is 1. The summed E-state index contributed by atoms with van der Waals surface area (Å²) in [5.41, 5.74) is 7.06. The van der Waals surface area contributed by atoms with Crippen LogP contribution in [0.4, 0.5) is 0 Å². The molecule has 28 heavy (non-hydrogen) atoms. The van der Waals surface area contributed by atoms with E-state index in [1.54, 1.807) is 11.3 Å². The lowest BCUT2D eigenvalue weighted by molar-refractivity contribution is -0.122. The average molecular weight is 425 g/mol. The van der Waals surface area contributed by atoms with Gasteiger partial charge in [0.15, 0.2) is 0 Å². The third-order valence-corrected chi connectivity index (χ3v) is 7.09. The maximum absolute atomic E-state index is 12.6. The molecule has 1 fully saturated rings. The normalized spacial score (nSPS) is 24.4. The van der Waals surface area contributed by atoms with Crippen LogP contribution in [0, 0.1) is 5.92 Å². The van der Waals surface area contributed by atoms with Crippen molar-refractivity contribution in [3.63, 3.8) is 0 Å². The van der Waals surface area contributed by atoms with Crippen LogP contribution in [0.1, 0.15) is 61.7 Å². The number of amides is 1. The molecule has 1 unspecified atom stereocenters. The number of hydrogen-bond donors (Lipinski definition) is 3. The summed E-state index contributed by atoms with van der Waals surface area (Å²) in [7, 11) is 0. The van der Waals surface area contributed by atoms with Crippen LogP contribution < -0.4 is 16.6 Å². The highest BCUT2D eigenvalue weighted by molar-refractivity contribution is 7.18. The summed E-state index contributed by atoms with van der Waals surface area (Å²) in [6, 6.07) is 0.511. The number of H-pyrrole nitrogens is 1. The van der Waals surface area contributed by atoms with Crippen molar-refractivity contribution in [3.05, 3.63) is 26.6 Å². The molecule has 0 aromatic carbocycles. The molecule has 0 radical (unpaired) electrons.